The van der Waals surface area contributed by atoms with Crippen LogP contribution in [0.3, 0.4) is 0 Å². The second-order valence-corrected chi connectivity index (χ2v) is 6.11. The molecule has 0 radical (unpaired) electrons. The molecule has 0 saturated carbocycles. The van der Waals surface area contributed by atoms with Gasteiger partial charge in [-0.15, -0.1) is 0 Å². The van der Waals surface area contributed by atoms with Crippen LogP contribution in [0.2, 0.25) is 0 Å². The molecule has 1 fully saturated rings. The van der Waals surface area contributed by atoms with Crippen molar-refractivity contribution < 1.29 is 4.42 Å². The molecule has 2 aromatic rings. The summed E-state index contributed by atoms with van der Waals surface area (Å²) >= 11 is 0. The lowest BCUT2D eigenvalue weighted by molar-refractivity contribution is 0.209. The molecule has 2 aliphatic heterocycles. The highest BCUT2D eigenvalue weighted by atomic mass is 16.3. The summed E-state index contributed by atoms with van der Waals surface area (Å²) in [4.78, 5) is 4.29. The van der Waals surface area contributed by atoms with E-state index in [0.29, 0.717) is 18.0 Å². The fraction of sp³-hybridized carbons (Fsp3) is 0.471. The lowest BCUT2D eigenvalue weighted by Gasteiger charge is -2.40. The number of hydrogen-bond donors (Lipinski definition) is 1. The van der Waals surface area contributed by atoms with Gasteiger partial charge in [0.1, 0.15) is 6.26 Å². The molecule has 1 aromatic carbocycles. The van der Waals surface area contributed by atoms with Crippen LogP contribution in [0.4, 0.5) is 0 Å². The summed E-state index contributed by atoms with van der Waals surface area (Å²) in [6.07, 6.45) is 9.28. The summed E-state index contributed by atoms with van der Waals surface area (Å²) < 4.78 is 5.43. The van der Waals surface area contributed by atoms with Gasteiger partial charge in [-0.2, -0.15) is 0 Å². The van der Waals surface area contributed by atoms with Crippen LogP contribution in [0.25, 0.3) is 0 Å². The number of nitrogens with zero attached hydrogens (tertiary/aromatic N) is 1. The molecule has 1 saturated heterocycles. The fourth-order valence-electron chi connectivity index (χ4n) is 3.82. The van der Waals surface area contributed by atoms with Crippen molar-refractivity contribution in [3.8, 4) is 0 Å². The Kier molecular flexibility index (Phi) is 3.07. The van der Waals surface area contributed by atoms with E-state index in [9.17, 15) is 0 Å². The minimum atomic E-state index is 0.501. The number of oxazole rings is 1. The van der Waals surface area contributed by atoms with Gasteiger partial charge in [-0.05, 0) is 42.7 Å². The van der Waals surface area contributed by atoms with E-state index in [4.69, 9.17) is 4.42 Å². The Morgan fingerprint density at radius 3 is 2.80 bits per heavy atom. The molecule has 3 heterocycles. The second-order valence-electron chi connectivity index (χ2n) is 6.11. The average molecular weight is 268 g/mol. The molecular formula is C17H20N2O. The molecule has 3 atom stereocenters. The number of fused-ring (bicyclic) bond motifs is 2. The molecule has 1 N–H and O–H groups in total. The summed E-state index contributed by atoms with van der Waals surface area (Å²) in [7, 11) is 0. The van der Waals surface area contributed by atoms with Gasteiger partial charge in [-0.25, -0.2) is 4.98 Å². The van der Waals surface area contributed by atoms with Crippen LogP contribution in [-0.2, 0) is 19.3 Å². The first-order chi connectivity index (χ1) is 9.88. The minimum Gasteiger partial charge on any atom is -0.449 e. The van der Waals surface area contributed by atoms with Crippen LogP contribution in [0.5, 0.6) is 0 Å². The number of nitrogens with one attached hydrogen (secondary N) is 1. The summed E-state index contributed by atoms with van der Waals surface area (Å²) in [5.74, 6) is 1.56. The largest absolute Gasteiger partial charge is 0.449 e. The average Bonchev–Trinajstić information content (AvgIpc) is 2.93. The van der Waals surface area contributed by atoms with Crippen LogP contribution in [0.15, 0.2) is 41.1 Å². The lowest BCUT2D eigenvalue weighted by Crippen LogP contribution is -2.51. The second kappa shape index (κ2) is 5.06. The van der Waals surface area contributed by atoms with Gasteiger partial charge in [0.05, 0.1) is 6.20 Å². The lowest BCUT2D eigenvalue weighted by atomic mass is 9.76. The number of aromatic nitrogens is 1. The normalized spacial score (nSPS) is 28.7. The smallest absolute Gasteiger partial charge is 0.195 e. The topological polar surface area (TPSA) is 38.1 Å². The van der Waals surface area contributed by atoms with Crippen LogP contribution in [0.1, 0.15) is 29.9 Å². The maximum absolute atomic E-state index is 5.43. The molecule has 3 nitrogen and oxygen atoms in total. The van der Waals surface area contributed by atoms with Gasteiger partial charge in [-0.1, -0.05) is 24.3 Å². The Labute approximate surface area is 119 Å². The van der Waals surface area contributed by atoms with Crippen molar-refractivity contribution in [2.24, 2.45) is 5.92 Å². The van der Waals surface area contributed by atoms with Crippen molar-refractivity contribution in [3.05, 3.63) is 53.7 Å². The summed E-state index contributed by atoms with van der Waals surface area (Å²) in [6, 6.07) is 10.0. The van der Waals surface area contributed by atoms with Gasteiger partial charge in [0.2, 0.25) is 0 Å². The van der Waals surface area contributed by atoms with Gasteiger partial charge in [0.25, 0.3) is 0 Å². The molecule has 5 rings (SSSR count). The number of benzene rings is 1. The molecule has 2 bridgehead atoms. The highest BCUT2D eigenvalue weighted by Crippen LogP contribution is 2.31. The summed E-state index contributed by atoms with van der Waals surface area (Å²) in [6.45, 7) is 0. The zero-order valence-electron chi connectivity index (χ0n) is 11.6. The van der Waals surface area contributed by atoms with E-state index in [1.807, 2.05) is 0 Å². The molecule has 20 heavy (non-hydrogen) atoms. The van der Waals surface area contributed by atoms with Crippen molar-refractivity contribution >= 4 is 0 Å². The van der Waals surface area contributed by atoms with Crippen molar-refractivity contribution in [2.75, 3.05) is 0 Å². The van der Waals surface area contributed by atoms with Gasteiger partial charge >= 0.3 is 0 Å². The monoisotopic (exact) mass is 268 g/mol. The molecule has 1 aromatic heterocycles. The zero-order valence-corrected chi connectivity index (χ0v) is 11.6. The molecular weight excluding hydrogens is 248 g/mol. The summed E-state index contributed by atoms with van der Waals surface area (Å²) in [5.41, 5.74) is 3.07. The zero-order chi connectivity index (χ0) is 13.4. The third-order valence-electron chi connectivity index (χ3n) is 4.85. The highest BCUT2D eigenvalue weighted by molar-refractivity contribution is 5.30. The number of piperidine rings is 1. The predicted molar refractivity (Wildman–Crippen MR) is 77.5 cm³/mol. The molecule has 3 heteroatoms. The van der Waals surface area contributed by atoms with Crippen molar-refractivity contribution in [3.63, 3.8) is 0 Å². The maximum atomic E-state index is 5.43. The first-order valence-electron chi connectivity index (χ1n) is 7.59. The Balaban J connectivity index is 1.60. The van der Waals surface area contributed by atoms with E-state index in [-0.39, 0.29) is 0 Å². The van der Waals surface area contributed by atoms with Gasteiger partial charge in [-0.3, -0.25) is 0 Å². The quantitative estimate of drug-likeness (QED) is 0.910. The standard InChI is InChI=1S/C17H20N2O/c1-2-4-13-10-15-6-5-14(9-12(13)3-1)16(19-15)11-17-18-7-8-20-17/h1-4,7-8,14-16,19H,5-6,9-11H2/t14-,15+,16+/m1/s1. The molecule has 0 amide bonds. The first kappa shape index (κ1) is 12.2. The van der Waals surface area contributed by atoms with E-state index in [2.05, 4.69) is 34.6 Å². The van der Waals surface area contributed by atoms with Gasteiger partial charge in [0.15, 0.2) is 5.89 Å². The third kappa shape index (κ3) is 2.27. The van der Waals surface area contributed by atoms with Crippen LogP contribution in [-0.4, -0.2) is 17.1 Å². The Hall–Kier alpha value is -1.61. The maximum Gasteiger partial charge on any atom is 0.195 e. The molecule has 0 spiro atoms. The van der Waals surface area contributed by atoms with Crippen LogP contribution >= 0.6 is 0 Å². The first-order valence-corrected chi connectivity index (χ1v) is 7.59. The van der Waals surface area contributed by atoms with Crippen LogP contribution in [0, 0.1) is 5.92 Å². The minimum absolute atomic E-state index is 0.501. The van der Waals surface area contributed by atoms with E-state index in [1.165, 1.54) is 24.8 Å². The Morgan fingerprint density at radius 2 is 2.00 bits per heavy atom. The van der Waals surface area contributed by atoms with Crippen molar-refractivity contribution in [1.82, 2.24) is 10.3 Å². The molecule has 1 aliphatic carbocycles. The molecule has 0 unspecified atom stereocenters. The Bertz CT molecular complexity index is 578. The Morgan fingerprint density at radius 1 is 1.15 bits per heavy atom. The van der Waals surface area contributed by atoms with Crippen molar-refractivity contribution in [2.45, 2.75) is 44.2 Å². The van der Waals surface area contributed by atoms with E-state index in [0.717, 1.165) is 18.7 Å². The van der Waals surface area contributed by atoms with E-state index >= 15 is 0 Å². The van der Waals surface area contributed by atoms with E-state index in [1.54, 1.807) is 18.0 Å². The number of hydrogen-bond acceptors (Lipinski definition) is 3. The summed E-state index contributed by atoms with van der Waals surface area (Å²) in [5, 5.41) is 3.83. The third-order valence-corrected chi connectivity index (χ3v) is 4.85. The number of rotatable bonds is 2. The fourth-order valence-corrected chi connectivity index (χ4v) is 3.82. The highest BCUT2D eigenvalue weighted by Gasteiger charge is 2.33. The molecule has 3 aliphatic rings. The van der Waals surface area contributed by atoms with E-state index < -0.39 is 0 Å². The molecule has 104 valence electrons. The van der Waals surface area contributed by atoms with Gasteiger partial charge in [0, 0.05) is 18.5 Å². The SMILES string of the molecule is c1ccc2c(c1)C[C@@H]1CC[C@H](C2)[C@H](Cc2ncco2)N1. The van der Waals surface area contributed by atoms with Crippen LogP contribution < -0.4 is 5.32 Å². The van der Waals surface area contributed by atoms with Gasteiger partial charge < -0.3 is 9.73 Å². The predicted octanol–water partition coefficient (Wildman–Crippen LogP) is 2.75. The van der Waals surface area contributed by atoms with Crippen molar-refractivity contribution in [1.29, 1.82) is 0 Å².